The van der Waals surface area contributed by atoms with Gasteiger partial charge in [0.25, 0.3) is 0 Å². The van der Waals surface area contributed by atoms with Gasteiger partial charge in [0.1, 0.15) is 11.6 Å². The fourth-order valence-electron chi connectivity index (χ4n) is 2.98. The Morgan fingerprint density at radius 3 is 2.06 bits per heavy atom. The second-order valence-corrected chi connectivity index (χ2v) is 10.2. The van der Waals surface area contributed by atoms with E-state index in [9.17, 15) is 19.2 Å². The predicted octanol–water partition coefficient (Wildman–Crippen LogP) is 2.44. The van der Waals surface area contributed by atoms with Crippen molar-refractivity contribution in [2.45, 2.75) is 84.4 Å². The van der Waals surface area contributed by atoms with Crippen molar-refractivity contribution < 1.29 is 23.9 Å². The average molecular weight is 477 g/mol. The van der Waals surface area contributed by atoms with E-state index in [0.29, 0.717) is 6.42 Å². The van der Waals surface area contributed by atoms with Gasteiger partial charge >= 0.3 is 6.09 Å². The van der Waals surface area contributed by atoms with Gasteiger partial charge in [-0.25, -0.2) is 4.79 Å². The lowest BCUT2D eigenvalue weighted by atomic mass is 10.1. The molecule has 0 aromatic heterocycles. The molecule has 1 atom stereocenters. The van der Waals surface area contributed by atoms with Crippen molar-refractivity contribution in [3.05, 3.63) is 35.9 Å². The highest BCUT2D eigenvalue weighted by Gasteiger charge is 2.23. The lowest BCUT2D eigenvalue weighted by molar-refractivity contribution is -0.130. The van der Waals surface area contributed by atoms with Crippen molar-refractivity contribution >= 4 is 23.8 Å². The van der Waals surface area contributed by atoms with E-state index in [1.807, 2.05) is 51.1 Å². The minimum atomic E-state index is -0.865. The first kappa shape index (κ1) is 28.9. The topological polar surface area (TPSA) is 126 Å². The summed E-state index contributed by atoms with van der Waals surface area (Å²) in [5.41, 5.74) is 0.0217. The molecule has 9 nitrogen and oxygen atoms in total. The number of carbonyl (C=O) groups is 4. The van der Waals surface area contributed by atoms with Crippen LogP contribution in [0.2, 0.25) is 0 Å². The van der Waals surface area contributed by atoms with Gasteiger partial charge < -0.3 is 26.0 Å². The summed E-state index contributed by atoms with van der Waals surface area (Å²) in [6.07, 6.45) is 0.439. The number of ether oxygens (including phenoxy) is 1. The van der Waals surface area contributed by atoms with Gasteiger partial charge in [0, 0.05) is 31.5 Å². The molecule has 0 aliphatic heterocycles. The van der Waals surface area contributed by atoms with Crippen LogP contribution in [-0.4, -0.2) is 54.1 Å². The minimum Gasteiger partial charge on any atom is -0.444 e. The highest BCUT2D eigenvalue weighted by molar-refractivity contribution is 5.88. The summed E-state index contributed by atoms with van der Waals surface area (Å²) >= 11 is 0. The largest absolute Gasteiger partial charge is 0.444 e. The Balaban J connectivity index is 2.60. The lowest BCUT2D eigenvalue weighted by Crippen LogP contribution is -2.49. The van der Waals surface area contributed by atoms with E-state index < -0.39 is 23.6 Å². The van der Waals surface area contributed by atoms with Crippen LogP contribution in [0.5, 0.6) is 0 Å². The zero-order valence-corrected chi connectivity index (χ0v) is 21.2. The Kier molecular flexibility index (Phi) is 11.5. The van der Waals surface area contributed by atoms with Crippen molar-refractivity contribution in [3.63, 3.8) is 0 Å². The lowest BCUT2D eigenvalue weighted by Gasteiger charge is -2.22. The number of amides is 4. The van der Waals surface area contributed by atoms with E-state index >= 15 is 0 Å². The molecule has 4 N–H and O–H groups in total. The zero-order valence-electron chi connectivity index (χ0n) is 21.2. The van der Waals surface area contributed by atoms with E-state index in [1.165, 1.54) is 0 Å². The maximum Gasteiger partial charge on any atom is 0.407 e. The summed E-state index contributed by atoms with van der Waals surface area (Å²) in [6, 6.07) is 8.73. The summed E-state index contributed by atoms with van der Waals surface area (Å²) in [5, 5.41) is 10.9. The third kappa shape index (κ3) is 14.1. The highest BCUT2D eigenvalue weighted by Crippen LogP contribution is 2.07. The first-order valence-corrected chi connectivity index (χ1v) is 11.6. The van der Waals surface area contributed by atoms with E-state index in [-0.39, 0.29) is 49.7 Å². The Morgan fingerprint density at radius 2 is 1.47 bits per heavy atom. The number of rotatable bonds is 11. The van der Waals surface area contributed by atoms with Gasteiger partial charge in [-0.3, -0.25) is 14.4 Å². The number of alkyl carbamates (subject to hydrolysis) is 1. The van der Waals surface area contributed by atoms with E-state index in [2.05, 4.69) is 21.3 Å². The third-order valence-electron chi connectivity index (χ3n) is 4.40. The maximum atomic E-state index is 12.7. The summed E-state index contributed by atoms with van der Waals surface area (Å²) < 4.78 is 5.15. The molecule has 1 rings (SSSR count). The number of hydrogen-bond donors (Lipinski definition) is 4. The number of nitrogens with one attached hydrogen (secondary N) is 4. The third-order valence-corrected chi connectivity index (χ3v) is 4.40. The number of hydrogen-bond acceptors (Lipinski definition) is 5. The maximum absolute atomic E-state index is 12.7. The van der Waals surface area contributed by atoms with Gasteiger partial charge in [0.2, 0.25) is 17.7 Å². The first-order valence-electron chi connectivity index (χ1n) is 11.6. The summed E-state index contributed by atoms with van der Waals surface area (Å²) in [7, 11) is 0. The SMILES string of the molecule is CC(C)(C)NC(=O)CCC(NC(=O)CCc1ccccc1)C(=O)NCCNC(=O)OC(C)(C)C. The van der Waals surface area contributed by atoms with Gasteiger partial charge in [0.05, 0.1) is 0 Å². The van der Waals surface area contributed by atoms with Crippen LogP contribution >= 0.6 is 0 Å². The van der Waals surface area contributed by atoms with Crippen LogP contribution in [0.3, 0.4) is 0 Å². The van der Waals surface area contributed by atoms with E-state index in [1.54, 1.807) is 20.8 Å². The molecule has 0 spiro atoms. The van der Waals surface area contributed by atoms with E-state index in [0.717, 1.165) is 5.56 Å². The Morgan fingerprint density at radius 1 is 0.853 bits per heavy atom. The molecule has 1 aromatic rings. The Hall–Kier alpha value is -3.10. The first-order chi connectivity index (χ1) is 15.7. The van der Waals surface area contributed by atoms with Crippen LogP contribution in [0.4, 0.5) is 4.79 Å². The van der Waals surface area contributed by atoms with Crippen LogP contribution in [0.25, 0.3) is 0 Å². The molecule has 1 unspecified atom stereocenters. The molecule has 0 aliphatic carbocycles. The molecule has 0 saturated heterocycles. The highest BCUT2D eigenvalue weighted by atomic mass is 16.6. The standard InChI is InChI=1S/C25H40N4O5/c1-24(2,3)29-21(31)15-13-19(28-20(30)14-12-18-10-8-7-9-11-18)22(32)26-16-17-27-23(33)34-25(4,5)6/h7-11,19H,12-17H2,1-6H3,(H,26,32)(H,27,33)(H,28,30)(H,29,31). The summed E-state index contributed by atoms with van der Waals surface area (Å²) in [6.45, 7) is 11.2. The summed E-state index contributed by atoms with van der Waals surface area (Å²) in [4.78, 5) is 49.1. The Labute approximate surface area is 202 Å². The van der Waals surface area contributed by atoms with Crippen LogP contribution in [0, 0.1) is 0 Å². The van der Waals surface area contributed by atoms with Gasteiger partial charge in [-0.05, 0) is 59.9 Å². The zero-order chi connectivity index (χ0) is 25.8. The molecular weight excluding hydrogens is 436 g/mol. The van der Waals surface area contributed by atoms with Crippen molar-refractivity contribution in [2.24, 2.45) is 0 Å². The van der Waals surface area contributed by atoms with Crippen molar-refractivity contribution in [3.8, 4) is 0 Å². The number of benzene rings is 1. The molecule has 9 heteroatoms. The monoisotopic (exact) mass is 476 g/mol. The van der Waals surface area contributed by atoms with Crippen LogP contribution in [-0.2, 0) is 25.5 Å². The quantitative estimate of drug-likeness (QED) is 0.365. The molecular formula is C25H40N4O5. The molecule has 0 radical (unpaired) electrons. The number of carbonyl (C=O) groups excluding carboxylic acids is 4. The average Bonchev–Trinajstić information content (AvgIpc) is 2.70. The number of aryl methyl sites for hydroxylation is 1. The molecule has 0 heterocycles. The van der Waals surface area contributed by atoms with Crippen LogP contribution in [0.1, 0.15) is 66.4 Å². The molecule has 4 amide bonds. The van der Waals surface area contributed by atoms with Gasteiger partial charge in [-0.2, -0.15) is 0 Å². The Bertz CT molecular complexity index is 813. The van der Waals surface area contributed by atoms with E-state index in [4.69, 9.17) is 4.74 Å². The molecule has 0 fully saturated rings. The molecule has 0 bridgehead atoms. The van der Waals surface area contributed by atoms with Crippen LogP contribution in [0.15, 0.2) is 30.3 Å². The van der Waals surface area contributed by atoms with Gasteiger partial charge in [-0.15, -0.1) is 0 Å². The molecule has 0 saturated carbocycles. The smallest absolute Gasteiger partial charge is 0.407 e. The summed E-state index contributed by atoms with van der Waals surface area (Å²) in [5.74, 6) is -0.884. The molecule has 190 valence electrons. The fraction of sp³-hybridized carbons (Fsp3) is 0.600. The second-order valence-electron chi connectivity index (χ2n) is 10.2. The fourth-order valence-corrected chi connectivity index (χ4v) is 2.98. The predicted molar refractivity (Wildman–Crippen MR) is 131 cm³/mol. The van der Waals surface area contributed by atoms with Crippen molar-refractivity contribution in [1.29, 1.82) is 0 Å². The minimum absolute atomic E-state index is 0.0878. The van der Waals surface area contributed by atoms with Crippen molar-refractivity contribution in [2.75, 3.05) is 13.1 Å². The van der Waals surface area contributed by atoms with Gasteiger partial charge in [-0.1, -0.05) is 30.3 Å². The normalized spacial score (nSPS) is 12.3. The second kappa shape index (κ2) is 13.6. The molecule has 34 heavy (non-hydrogen) atoms. The van der Waals surface area contributed by atoms with Crippen LogP contribution < -0.4 is 21.3 Å². The van der Waals surface area contributed by atoms with Gasteiger partial charge in [0.15, 0.2) is 0 Å². The van der Waals surface area contributed by atoms with Crippen molar-refractivity contribution in [1.82, 2.24) is 21.3 Å². The molecule has 0 aliphatic rings. The molecule has 1 aromatic carbocycles.